The van der Waals surface area contributed by atoms with E-state index in [-0.39, 0.29) is 17.4 Å². The summed E-state index contributed by atoms with van der Waals surface area (Å²) >= 11 is 0. The summed E-state index contributed by atoms with van der Waals surface area (Å²) in [7, 11) is 0. The highest BCUT2D eigenvalue weighted by Crippen LogP contribution is 2.35. The lowest BCUT2D eigenvalue weighted by atomic mass is 9.96. The third-order valence-corrected chi connectivity index (χ3v) is 6.39. The minimum absolute atomic E-state index is 0.0656. The van der Waals surface area contributed by atoms with Gasteiger partial charge in [0.25, 0.3) is 0 Å². The molecule has 0 saturated heterocycles. The molecule has 0 saturated carbocycles. The van der Waals surface area contributed by atoms with Gasteiger partial charge in [-0.3, -0.25) is 14.9 Å². The number of phenolic OH excluding ortho intramolecular Hbond substituents is 1. The Hall–Kier alpha value is -5.11. The van der Waals surface area contributed by atoms with Crippen LogP contribution in [-0.4, -0.2) is 22.9 Å². The van der Waals surface area contributed by atoms with Crippen molar-refractivity contribution < 1.29 is 24.2 Å². The Morgan fingerprint density at radius 2 is 1.60 bits per heavy atom. The molecule has 0 bridgehead atoms. The summed E-state index contributed by atoms with van der Waals surface area (Å²) < 4.78 is 5.87. The van der Waals surface area contributed by atoms with Gasteiger partial charge in [-0.1, -0.05) is 48.5 Å². The number of Topliss-reactive ketones (excluding diaryl/α,β-unsaturated/α-hetero) is 1. The molecule has 0 aliphatic heterocycles. The molecule has 0 spiro atoms. The smallest absolute Gasteiger partial charge is 0.412 e. The number of ketones is 1. The van der Waals surface area contributed by atoms with Gasteiger partial charge in [-0.05, 0) is 80.1 Å². The second-order valence-corrected chi connectivity index (χ2v) is 9.28. The lowest BCUT2D eigenvalue weighted by Crippen LogP contribution is -2.18. The monoisotopic (exact) mass is 537 g/mol. The first-order valence-corrected chi connectivity index (χ1v) is 12.9. The number of anilines is 3. The van der Waals surface area contributed by atoms with Crippen molar-refractivity contribution in [2.75, 3.05) is 16.4 Å². The number of carbonyl (C=O) groups excluding carboxylic acids is 3. The predicted octanol–water partition coefficient (Wildman–Crippen LogP) is 6.99. The zero-order valence-electron chi connectivity index (χ0n) is 22.1. The molecule has 0 radical (unpaired) electrons. The third-order valence-electron chi connectivity index (χ3n) is 6.39. The number of nitrogens with two attached hydrogens (primary N) is 1. The first-order valence-electron chi connectivity index (χ1n) is 12.9. The molecule has 8 heteroatoms. The third kappa shape index (κ3) is 7.26. The second-order valence-electron chi connectivity index (χ2n) is 9.28. The van der Waals surface area contributed by atoms with Gasteiger partial charge in [0.2, 0.25) is 5.91 Å². The van der Waals surface area contributed by atoms with Crippen molar-refractivity contribution in [2.24, 2.45) is 0 Å². The van der Waals surface area contributed by atoms with Crippen LogP contribution in [0.3, 0.4) is 0 Å². The average molecular weight is 538 g/mol. The number of para-hydroxylation sites is 2. The summed E-state index contributed by atoms with van der Waals surface area (Å²) in [5, 5.41) is 17.2. The van der Waals surface area contributed by atoms with Crippen molar-refractivity contribution in [1.29, 1.82) is 0 Å². The quantitative estimate of drug-likeness (QED) is 0.0747. The van der Waals surface area contributed by atoms with Gasteiger partial charge in [0.1, 0.15) is 11.9 Å². The molecule has 204 valence electrons. The number of fused-ring (bicyclic) bond motifs is 1. The molecule has 0 aromatic heterocycles. The summed E-state index contributed by atoms with van der Waals surface area (Å²) in [6.45, 7) is 1.48. The van der Waals surface area contributed by atoms with Crippen molar-refractivity contribution in [3.63, 3.8) is 0 Å². The van der Waals surface area contributed by atoms with E-state index >= 15 is 0 Å². The van der Waals surface area contributed by atoms with Crippen molar-refractivity contribution in [3.05, 3.63) is 108 Å². The Morgan fingerprint density at radius 3 is 2.33 bits per heavy atom. The van der Waals surface area contributed by atoms with Gasteiger partial charge < -0.3 is 20.9 Å². The maximum absolute atomic E-state index is 12.9. The van der Waals surface area contributed by atoms with Crippen LogP contribution in [0, 0.1) is 0 Å². The standard InChI is InChI=1S/C32H31N3O5/c1-21(36)22-15-17-23(18-16-22)34-32(39)40-30(26-19-20-29(37)25-10-6-5-9-24(25)26)13-3-2-4-14-31(38)35-28-12-8-7-11-27(28)33/h4-12,14-20,30,37H,2-3,13,33H2,1H3,(H,34,39)(H,35,38)/b14-4+/t30-/m1/s1. The fourth-order valence-corrected chi connectivity index (χ4v) is 4.33. The van der Waals surface area contributed by atoms with Crippen LogP contribution in [0.2, 0.25) is 0 Å². The topological polar surface area (TPSA) is 131 Å². The van der Waals surface area contributed by atoms with E-state index in [1.807, 2.05) is 24.3 Å². The van der Waals surface area contributed by atoms with E-state index in [9.17, 15) is 19.5 Å². The number of nitrogen functional groups attached to an aromatic ring is 1. The van der Waals surface area contributed by atoms with Gasteiger partial charge in [-0.25, -0.2) is 4.79 Å². The molecule has 5 N–H and O–H groups in total. The van der Waals surface area contributed by atoms with Gasteiger partial charge in [0.05, 0.1) is 11.4 Å². The van der Waals surface area contributed by atoms with E-state index in [4.69, 9.17) is 10.5 Å². The number of ether oxygens (including phenoxy) is 1. The fraction of sp³-hybridized carbons (Fsp3) is 0.156. The van der Waals surface area contributed by atoms with E-state index in [0.717, 1.165) is 10.9 Å². The molecule has 0 heterocycles. The van der Waals surface area contributed by atoms with Gasteiger partial charge in [-0.2, -0.15) is 0 Å². The van der Waals surface area contributed by atoms with E-state index in [1.54, 1.807) is 66.7 Å². The number of phenols is 1. The number of hydrogen-bond acceptors (Lipinski definition) is 6. The van der Waals surface area contributed by atoms with Crippen LogP contribution < -0.4 is 16.4 Å². The van der Waals surface area contributed by atoms with E-state index in [0.29, 0.717) is 47.3 Å². The van der Waals surface area contributed by atoms with Crippen LogP contribution in [0.1, 0.15) is 48.2 Å². The number of hydrogen-bond donors (Lipinski definition) is 4. The van der Waals surface area contributed by atoms with Crippen LogP contribution >= 0.6 is 0 Å². The molecule has 0 fully saturated rings. The SMILES string of the molecule is CC(=O)c1ccc(NC(=O)O[C@H](CCC/C=C/C(=O)Nc2ccccc2N)c2ccc(O)c3ccccc23)cc1. The Morgan fingerprint density at radius 1 is 0.900 bits per heavy atom. The van der Waals surface area contributed by atoms with Gasteiger partial charge in [-0.15, -0.1) is 0 Å². The molecule has 4 aromatic carbocycles. The number of aromatic hydroxyl groups is 1. The van der Waals surface area contributed by atoms with E-state index < -0.39 is 12.2 Å². The lowest BCUT2D eigenvalue weighted by Gasteiger charge is -2.21. The predicted molar refractivity (Wildman–Crippen MR) is 157 cm³/mol. The summed E-state index contributed by atoms with van der Waals surface area (Å²) in [5.74, 6) is -0.212. The highest BCUT2D eigenvalue weighted by Gasteiger charge is 2.20. The number of unbranched alkanes of at least 4 members (excludes halogenated alkanes) is 1. The number of amides is 2. The Labute approximate surface area is 232 Å². The lowest BCUT2D eigenvalue weighted by molar-refractivity contribution is -0.111. The maximum Gasteiger partial charge on any atom is 0.412 e. The number of rotatable bonds is 10. The van der Waals surface area contributed by atoms with Crippen LogP contribution in [-0.2, 0) is 9.53 Å². The van der Waals surface area contributed by atoms with Crippen molar-refractivity contribution >= 4 is 45.6 Å². The van der Waals surface area contributed by atoms with Crippen molar-refractivity contribution in [1.82, 2.24) is 0 Å². The fourth-order valence-electron chi connectivity index (χ4n) is 4.33. The molecule has 1 atom stereocenters. The molecular weight excluding hydrogens is 506 g/mol. The minimum atomic E-state index is -0.645. The first kappa shape index (κ1) is 27.9. The Kier molecular flexibility index (Phi) is 9.15. The summed E-state index contributed by atoms with van der Waals surface area (Å²) in [6, 6.07) is 24.3. The normalized spacial score (nSPS) is 11.7. The highest BCUT2D eigenvalue weighted by molar-refractivity contribution is 6.01. The largest absolute Gasteiger partial charge is 0.507 e. The minimum Gasteiger partial charge on any atom is -0.507 e. The van der Waals surface area contributed by atoms with Gasteiger partial charge in [0, 0.05) is 22.2 Å². The summed E-state index contributed by atoms with van der Waals surface area (Å²) in [5.41, 5.74) is 8.71. The van der Waals surface area contributed by atoms with Crippen LogP contribution in [0.25, 0.3) is 10.8 Å². The molecule has 8 nitrogen and oxygen atoms in total. The van der Waals surface area contributed by atoms with Crippen LogP contribution in [0.15, 0.2) is 97.1 Å². The van der Waals surface area contributed by atoms with Crippen molar-refractivity contribution in [2.45, 2.75) is 32.3 Å². The highest BCUT2D eigenvalue weighted by atomic mass is 16.6. The summed E-state index contributed by atoms with van der Waals surface area (Å²) in [6.07, 6.45) is 3.62. The Bertz CT molecular complexity index is 1550. The number of benzene rings is 4. The zero-order chi connectivity index (χ0) is 28.5. The molecule has 40 heavy (non-hydrogen) atoms. The number of allylic oxidation sites excluding steroid dienone is 1. The molecule has 0 aliphatic rings. The van der Waals surface area contributed by atoms with Crippen LogP contribution in [0.5, 0.6) is 5.75 Å². The zero-order valence-corrected chi connectivity index (χ0v) is 22.1. The summed E-state index contributed by atoms with van der Waals surface area (Å²) in [4.78, 5) is 36.7. The van der Waals surface area contributed by atoms with Gasteiger partial charge in [0.15, 0.2) is 5.78 Å². The molecule has 4 aromatic rings. The first-order chi connectivity index (χ1) is 19.3. The molecule has 0 unspecified atom stereocenters. The van der Waals surface area contributed by atoms with Crippen LogP contribution in [0.4, 0.5) is 21.9 Å². The molecule has 0 aliphatic carbocycles. The molecule has 4 rings (SSSR count). The number of carbonyl (C=O) groups is 3. The van der Waals surface area contributed by atoms with Gasteiger partial charge >= 0.3 is 6.09 Å². The maximum atomic E-state index is 12.9. The Balaban J connectivity index is 1.44. The number of nitrogens with one attached hydrogen (secondary N) is 2. The average Bonchev–Trinajstić information content (AvgIpc) is 2.94. The molecular formula is C32H31N3O5. The second kappa shape index (κ2) is 13.1. The molecule has 2 amide bonds. The van der Waals surface area contributed by atoms with E-state index in [2.05, 4.69) is 10.6 Å². The van der Waals surface area contributed by atoms with Crippen molar-refractivity contribution in [3.8, 4) is 5.75 Å². The van der Waals surface area contributed by atoms with E-state index in [1.165, 1.54) is 13.0 Å².